The molecule has 0 radical (unpaired) electrons. The predicted molar refractivity (Wildman–Crippen MR) is 83.3 cm³/mol. The van der Waals surface area contributed by atoms with E-state index in [-0.39, 0.29) is 11.5 Å². The van der Waals surface area contributed by atoms with E-state index in [9.17, 15) is 10.1 Å². The second-order valence-corrected chi connectivity index (χ2v) is 5.14. The molecular weight excluding hydrogens is 302 g/mol. The highest BCUT2D eigenvalue weighted by atomic mass is 35.5. The first kappa shape index (κ1) is 15.9. The average molecular weight is 316 g/mol. The molecule has 0 saturated heterocycles. The van der Waals surface area contributed by atoms with Crippen molar-refractivity contribution in [3.05, 3.63) is 64.7 Å². The largest absolute Gasteiger partial charge is 0.494 e. The van der Waals surface area contributed by atoms with Crippen molar-refractivity contribution in [3.8, 4) is 11.8 Å². The number of nitrogens with zero attached hydrogens (tertiary/aromatic N) is 1. The molecule has 1 atom stereocenters. The number of carboxylic acid groups (broad SMARTS) is 1. The molecule has 0 saturated carbocycles. The molecule has 2 aromatic carbocycles. The molecule has 0 aliphatic rings. The van der Waals surface area contributed by atoms with Crippen LogP contribution in [0.4, 0.5) is 0 Å². The third-order valence-corrected chi connectivity index (χ3v) is 3.46. The lowest BCUT2D eigenvalue weighted by Gasteiger charge is -2.11. The van der Waals surface area contributed by atoms with E-state index in [0.29, 0.717) is 23.8 Å². The summed E-state index contributed by atoms with van der Waals surface area (Å²) >= 11 is 5.79. The molecule has 1 N–H and O–H groups in total. The number of nitriles is 1. The first-order chi connectivity index (χ1) is 10.6. The van der Waals surface area contributed by atoms with Crippen LogP contribution in [0.5, 0.6) is 5.75 Å². The Morgan fingerprint density at radius 3 is 2.36 bits per heavy atom. The highest BCUT2D eigenvalue weighted by Gasteiger charge is 2.12. The van der Waals surface area contributed by atoms with Gasteiger partial charge in [-0.2, -0.15) is 5.26 Å². The molecular formula is C17H14ClNO3. The normalized spacial score (nSPS) is 11.5. The van der Waals surface area contributed by atoms with Crippen LogP contribution in [0.2, 0.25) is 5.02 Å². The molecule has 0 heterocycles. The van der Waals surface area contributed by atoms with Crippen molar-refractivity contribution in [2.45, 2.75) is 12.3 Å². The Morgan fingerprint density at radius 1 is 1.18 bits per heavy atom. The summed E-state index contributed by atoms with van der Waals surface area (Å²) in [6.07, 6.45) is 0.519. The molecule has 0 spiro atoms. The Hall–Kier alpha value is -2.51. The summed E-state index contributed by atoms with van der Waals surface area (Å²) in [6.45, 7) is 0.389. The highest BCUT2D eigenvalue weighted by Crippen LogP contribution is 2.21. The van der Waals surface area contributed by atoms with E-state index in [1.165, 1.54) is 12.1 Å². The van der Waals surface area contributed by atoms with Crippen LogP contribution in [0.25, 0.3) is 0 Å². The standard InChI is InChI=1S/C17H14ClNO3/c18-15-5-7-16(8-6-15)22-10-9-14(11-19)12-1-3-13(4-2-12)17(20)21/h1-8,14H,9-10H2,(H,20,21). The van der Waals surface area contributed by atoms with Gasteiger partial charge in [-0.05, 0) is 42.0 Å². The van der Waals surface area contributed by atoms with Gasteiger partial charge in [-0.3, -0.25) is 0 Å². The lowest BCUT2D eigenvalue weighted by Crippen LogP contribution is -2.05. The molecule has 0 bridgehead atoms. The van der Waals surface area contributed by atoms with Crippen molar-refractivity contribution in [1.29, 1.82) is 5.26 Å². The molecule has 0 aromatic heterocycles. The maximum absolute atomic E-state index is 10.8. The average Bonchev–Trinajstić information content (AvgIpc) is 2.53. The van der Waals surface area contributed by atoms with Gasteiger partial charge in [0.1, 0.15) is 5.75 Å². The fraction of sp³-hybridized carbons (Fsp3) is 0.176. The van der Waals surface area contributed by atoms with Gasteiger partial charge in [0.25, 0.3) is 0 Å². The topological polar surface area (TPSA) is 70.3 Å². The Bertz CT molecular complexity index is 675. The number of carboxylic acids is 1. The van der Waals surface area contributed by atoms with E-state index >= 15 is 0 Å². The lowest BCUT2D eigenvalue weighted by molar-refractivity contribution is 0.0697. The number of hydrogen-bond acceptors (Lipinski definition) is 3. The fourth-order valence-electron chi connectivity index (χ4n) is 1.99. The summed E-state index contributed by atoms with van der Waals surface area (Å²) in [7, 11) is 0. The predicted octanol–water partition coefficient (Wildman–Crippen LogP) is 4.11. The first-order valence-electron chi connectivity index (χ1n) is 6.71. The van der Waals surface area contributed by atoms with Crippen molar-refractivity contribution < 1.29 is 14.6 Å². The number of ether oxygens (including phenoxy) is 1. The van der Waals surface area contributed by atoms with E-state index in [2.05, 4.69) is 6.07 Å². The minimum absolute atomic E-state index is 0.206. The monoisotopic (exact) mass is 315 g/mol. The summed E-state index contributed by atoms with van der Waals surface area (Å²) in [6, 6.07) is 15.6. The molecule has 0 fully saturated rings. The molecule has 4 nitrogen and oxygen atoms in total. The molecule has 0 aliphatic heterocycles. The quantitative estimate of drug-likeness (QED) is 0.870. The highest BCUT2D eigenvalue weighted by molar-refractivity contribution is 6.30. The number of halogens is 1. The first-order valence-corrected chi connectivity index (χ1v) is 7.09. The zero-order valence-electron chi connectivity index (χ0n) is 11.7. The third-order valence-electron chi connectivity index (χ3n) is 3.20. The zero-order chi connectivity index (χ0) is 15.9. The van der Waals surface area contributed by atoms with Crippen LogP contribution >= 0.6 is 11.6 Å². The zero-order valence-corrected chi connectivity index (χ0v) is 12.5. The molecule has 2 aromatic rings. The van der Waals surface area contributed by atoms with Crippen molar-refractivity contribution in [1.82, 2.24) is 0 Å². The maximum atomic E-state index is 10.8. The lowest BCUT2D eigenvalue weighted by atomic mass is 9.96. The number of hydrogen-bond donors (Lipinski definition) is 1. The molecule has 0 amide bonds. The van der Waals surface area contributed by atoms with Crippen LogP contribution in [0.3, 0.4) is 0 Å². The summed E-state index contributed by atoms with van der Waals surface area (Å²) in [5.74, 6) is -0.622. The Kier molecular flexibility index (Phi) is 5.40. The van der Waals surface area contributed by atoms with Gasteiger partial charge in [-0.15, -0.1) is 0 Å². The summed E-state index contributed by atoms with van der Waals surface area (Å²) in [5, 5.41) is 18.8. The van der Waals surface area contributed by atoms with Crippen LogP contribution < -0.4 is 4.74 Å². The minimum atomic E-state index is -0.980. The van der Waals surface area contributed by atoms with E-state index in [1.807, 2.05) is 0 Å². The smallest absolute Gasteiger partial charge is 0.335 e. The number of carbonyl (C=O) groups is 1. The van der Waals surface area contributed by atoms with Gasteiger partial charge < -0.3 is 9.84 Å². The Balaban J connectivity index is 1.93. The van der Waals surface area contributed by atoms with Gasteiger partial charge in [0.05, 0.1) is 24.2 Å². The Morgan fingerprint density at radius 2 is 1.82 bits per heavy atom. The van der Waals surface area contributed by atoms with Crippen molar-refractivity contribution >= 4 is 17.6 Å². The molecule has 22 heavy (non-hydrogen) atoms. The molecule has 0 aliphatic carbocycles. The molecule has 112 valence electrons. The molecule has 2 rings (SSSR count). The van der Waals surface area contributed by atoms with Crippen LogP contribution in [0, 0.1) is 11.3 Å². The summed E-state index contributed by atoms with van der Waals surface area (Å²) < 4.78 is 5.57. The van der Waals surface area contributed by atoms with Gasteiger partial charge >= 0.3 is 5.97 Å². The number of aromatic carboxylic acids is 1. The van der Waals surface area contributed by atoms with Crippen molar-refractivity contribution in [2.75, 3.05) is 6.61 Å². The molecule has 5 heteroatoms. The van der Waals surface area contributed by atoms with E-state index in [4.69, 9.17) is 21.4 Å². The second kappa shape index (κ2) is 7.48. The van der Waals surface area contributed by atoms with Gasteiger partial charge in [0.15, 0.2) is 0 Å². The Labute approximate surface area is 133 Å². The van der Waals surface area contributed by atoms with Gasteiger partial charge in [-0.25, -0.2) is 4.79 Å². The number of benzene rings is 2. The van der Waals surface area contributed by atoms with Gasteiger partial charge in [-0.1, -0.05) is 23.7 Å². The van der Waals surface area contributed by atoms with Crippen LogP contribution in [-0.2, 0) is 0 Å². The maximum Gasteiger partial charge on any atom is 0.335 e. The third kappa shape index (κ3) is 4.24. The molecule has 1 unspecified atom stereocenters. The summed E-state index contributed by atoms with van der Waals surface area (Å²) in [4.78, 5) is 10.8. The summed E-state index contributed by atoms with van der Waals surface area (Å²) in [5.41, 5.74) is 0.991. The van der Waals surface area contributed by atoms with E-state index in [0.717, 1.165) is 5.56 Å². The van der Waals surface area contributed by atoms with Crippen LogP contribution in [0.15, 0.2) is 48.5 Å². The van der Waals surface area contributed by atoms with Crippen molar-refractivity contribution in [2.24, 2.45) is 0 Å². The fourth-order valence-corrected chi connectivity index (χ4v) is 2.12. The van der Waals surface area contributed by atoms with E-state index < -0.39 is 5.97 Å². The number of rotatable bonds is 6. The SMILES string of the molecule is N#CC(CCOc1ccc(Cl)cc1)c1ccc(C(=O)O)cc1. The van der Waals surface area contributed by atoms with Gasteiger partial charge in [0, 0.05) is 11.4 Å². The van der Waals surface area contributed by atoms with E-state index in [1.54, 1.807) is 36.4 Å². The van der Waals surface area contributed by atoms with Crippen LogP contribution in [-0.4, -0.2) is 17.7 Å². The van der Waals surface area contributed by atoms with Gasteiger partial charge in [0.2, 0.25) is 0 Å². The van der Waals surface area contributed by atoms with Crippen molar-refractivity contribution in [3.63, 3.8) is 0 Å². The minimum Gasteiger partial charge on any atom is -0.494 e. The van der Waals surface area contributed by atoms with Crippen LogP contribution in [0.1, 0.15) is 28.3 Å². The second-order valence-electron chi connectivity index (χ2n) is 4.70.